The summed E-state index contributed by atoms with van der Waals surface area (Å²) in [5, 5.41) is 18.0. The number of nitrogens with two attached hydrogens (primary N) is 1. The molecule has 2 rings (SSSR count). The molecular formula is C14H14N6O5. The first kappa shape index (κ1) is 17.6. The Balaban J connectivity index is 1.87. The van der Waals surface area contributed by atoms with Crippen LogP contribution in [0.15, 0.2) is 41.8 Å². The number of primary amides is 1. The van der Waals surface area contributed by atoms with Gasteiger partial charge in [0, 0.05) is 0 Å². The molecule has 1 heterocycles. The van der Waals surface area contributed by atoms with E-state index in [1.807, 2.05) is 0 Å². The molecular weight excluding hydrogens is 332 g/mol. The van der Waals surface area contributed by atoms with Crippen molar-refractivity contribution >= 4 is 23.7 Å². The van der Waals surface area contributed by atoms with Crippen molar-refractivity contribution in [1.82, 2.24) is 15.2 Å². The summed E-state index contributed by atoms with van der Waals surface area (Å²) < 4.78 is 6.27. The Morgan fingerprint density at radius 1 is 1.48 bits per heavy atom. The van der Waals surface area contributed by atoms with Gasteiger partial charge in [-0.25, -0.2) is 5.43 Å². The number of hydrazone groups is 1. The fraction of sp³-hybridized carbons (Fsp3) is 0.143. The maximum Gasteiger partial charge on any atom is 0.307 e. The van der Waals surface area contributed by atoms with Crippen molar-refractivity contribution in [3.8, 4) is 5.75 Å². The van der Waals surface area contributed by atoms with Crippen molar-refractivity contribution in [2.75, 3.05) is 6.61 Å². The lowest BCUT2D eigenvalue weighted by Gasteiger charge is -2.04. The summed E-state index contributed by atoms with van der Waals surface area (Å²) in [6.45, 7) is -0.458. The molecule has 0 aliphatic carbocycles. The molecule has 0 atom stereocenters. The van der Waals surface area contributed by atoms with E-state index in [0.717, 1.165) is 17.1 Å². The van der Waals surface area contributed by atoms with Crippen molar-refractivity contribution in [3.63, 3.8) is 0 Å². The Labute approximate surface area is 141 Å². The van der Waals surface area contributed by atoms with Crippen molar-refractivity contribution in [2.24, 2.45) is 10.8 Å². The van der Waals surface area contributed by atoms with E-state index < -0.39 is 16.7 Å². The van der Waals surface area contributed by atoms with Crippen LogP contribution in [0.3, 0.4) is 0 Å². The number of ether oxygens (including phenoxy) is 1. The Morgan fingerprint density at radius 3 is 2.96 bits per heavy atom. The first-order chi connectivity index (χ1) is 11.9. The van der Waals surface area contributed by atoms with Gasteiger partial charge in [0.25, 0.3) is 11.8 Å². The normalized spacial score (nSPS) is 10.6. The minimum Gasteiger partial charge on any atom is -0.484 e. The van der Waals surface area contributed by atoms with Crippen LogP contribution in [0.4, 0.5) is 5.69 Å². The minimum absolute atomic E-state index is 0.205. The number of nitrogens with one attached hydrogen (secondary N) is 1. The van der Waals surface area contributed by atoms with Gasteiger partial charge in [-0.1, -0.05) is 12.1 Å². The Bertz CT molecular complexity index is 816. The van der Waals surface area contributed by atoms with Crippen LogP contribution < -0.4 is 15.9 Å². The third-order valence-electron chi connectivity index (χ3n) is 2.78. The van der Waals surface area contributed by atoms with Gasteiger partial charge in [0.05, 0.1) is 11.1 Å². The second-order valence-corrected chi connectivity index (χ2v) is 4.77. The minimum atomic E-state index is -0.604. The molecule has 3 N–H and O–H groups in total. The van der Waals surface area contributed by atoms with Gasteiger partial charge < -0.3 is 10.5 Å². The molecule has 0 aliphatic rings. The second-order valence-electron chi connectivity index (χ2n) is 4.77. The van der Waals surface area contributed by atoms with E-state index in [4.69, 9.17) is 10.5 Å². The summed E-state index contributed by atoms with van der Waals surface area (Å²) in [6.07, 6.45) is 3.57. The van der Waals surface area contributed by atoms with E-state index in [0.29, 0.717) is 11.3 Å². The monoisotopic (exact) mass is 346 g/mol. The first-order valence-corrected chi connectivity index (χ1v) is 6.94. The SMILES string of the molecule is NC(=O)COc1cccc(C=NNC(=O)Cn2cc([N+](=O)[O-])cn2)c1. The van der Waals surface area contributed by atoms with E-state index in [-0.39, 0.29) is 18.8 Å². The molecule has 0 radical (unpaired) electrons. The zero-order valence-electron chi connectivity index (χ0n) is 12.9. The molecule has 2 amide bonds. The molecule has 11 nitrogen and oxygen atoms in total. The van der Waals surface area contributed by atoms with Gasteiger partial charge in [-0.2, -0.15) is 10.2 Å². The average Bonchev–Trinajstić information content (AvgIpc) is 3.02. The summed E-state index contributed by atoms with van der Waals surface area (Å²) >= 11 is 0. The quantitative estimate of drug-likeness (QED) is 0.383. The molecule has 0 saturated heterocycles. The van der Waals surface area contributed by atoms with E-state index in [9.17, 15) is 19.7 Å². The van der Waals surface area contributed by atoms with E-state index in [1.165, 1.54) is 6.21 Å². The third kappa shape index (κ3) is 5.74. The molecule has 0 bridgehead atoms. The highest BCUT2D eigenvalue weighted by molar-refractivity contribution is 5.82. The van der Waals surface area contributed by atoms with Gasteiger partial charge in [0.1, 0.15) is 24.7 Å². The Kier molecular flexibility index (Phi) is 5.77. The van der Waals surface area contributed by atoms with Crippen LogP contribution in [0, 0.1) is 10.1 Å². The predicted octanol–water partition coefficient (Wildman–Crippen LogP) is -0.194. The average molecular weight is 346 g/mol. The van der Waals surface area contributed by atoms with Crippen molar-refractivity contribution in [1.29, 1.82) is 0 Å². The van der Waals surface area contributed by atoms with Crippen LogP contribution in [0.25, 0.3) is 0 Å². The number of hydrogen-bond acceptors (Lipinski definition) is 7. The second kappa shape index (κ2) is 8.19. The van der Waals surface area contributed by atoms with Crippen LogP contribution in [-0.4, -0.2) is 39.3 Å². The molecule has 0 spiro atoms. The van der Waals surface area contributed by atoms with Gasteiger partial charge in [0.2, 0.25) is 0 Å². The molecule has 0 aliphatic heterocycles. The maximum absolute atomic E-state index is 11.7. The number of amides is 2. The van der Waals surface area contributed by atoms with Crippen molar-refractivity contribution in [3.05, 3.63) is 52.3 Å². The number of rotatable bonds is 8. The predicted molar refractivity (Wildman–Crippen MR) is 85.7 cm³/mol. The standard InChI is InChI=1S/C14H14N6O5/c15-13(21)9-25-12-3-1-2-10(4-12)5-16-18-14(22)8-19-7-11(6-17-19)20(23)24/h1-7H,8-9H2,(H2,15,21)(H,18,22). The zero-order valence-corrected chi connectivity index (χ0v) is 12.9. The van der Waals surface area contributed by atoms with Crippen LogP contribution in [-0.2, 0) is 16.1 Å². The highest BCUT2D eigenvalue weighted by atomic mass is 16.6. The zero-order chi connectivity index (χ0) is 18.2. The van der Waals surface area contributed by atoms with Crippen LogP contribution in [0.1, 0.15) is 5.56 Å². The highest BCUT2D eigenvalue weighted by Gasteiger charge is 2.10. The first-order valence-electron chi connectivity index (χ1n) is 6.94. The highest BCUT2D eigenvalue weighted by Crippen LogP contribution is 2.11. The molecule has 0 unspecified atom stereocenters. The Morgan fingerprint density at radius 2 is 2.28 bits per heavy atom. The lowest BCUT2D eigenvalue weighted by molar-refractivity contribution is -0.385. The van der Waals surface area contributed by atoms with Crippen molar-refractivity contribution < 1.29 is 19.2 Å². The molecule has 0 saturated carbocycles. The molecule has 25 heavy (non-hydrogen) atoms. The van der Waals surface area contributed by atoms with E-state index >= 15 is 0 Å². The molecule has 130 valence electrons. The van der Waals surface area contributed by atoms with Gasteiger partial charge in [-0.3, -0.25) is 24.4 Å². The summed E-state index contributed by atoms with van der Waals surface area (Å²) in [5.74, 6) is -0.668. The largest absolute Gasteiger partial charge is 0.484 e. The van der Waals surface area contributed by atoms with Crippen LogP contribution >= 0.6 is 0 Å². The number of nitro groups is 1. The molecule has 0 fully saturated rings. The van der Waals surface area contributed by atoms with Crippen LogP contribution in [0.5, 0.6) is 5.75 Å². The summed E-state index contributed by atoms with van der Waals surface area (Å²) in [4.78, 5) is 32.3. The summed E-state index contributed by atoms with van der Waals surface area (Å²) in [6, 6.07) is 6.64. The van der Waals surface area contributed by atoms with E-state index in [2.05, 4.69) is 15.6 Å². The number of carbonyl (C=O) groups excluding carboxylic acids is 2. The lowest BCUT2D eigenvalue weighted by Crippen LogP contribution is -2.23. The van der Waals surface area contributed by atoms with Gasteiger partial charge in [-0.05, 0) is 17.7 Å². The fourth-order valence-corrected chi connectivity index (χ4v) is 1.73. The number of carbonyl (C=O) groups is 2. The fourth-order valence-electron chi connectivity index (χ4n) is 1.73. The van der Waals surface area contributed by atoms with Gasteiger partial charge >= 0.3 is 5.69 Å². The summed E-state index contributed by atoms with van der Waals surface area (Å²) in [5.41, 5.74) is 7.68. The van der Waals surface area contributed by atoms with Gasteiger partial charge in [0.15, 0.2) is 6.61 Å². The maximum atomic E-state index is 11.7. The number of benzene rings is 1. The Hall–Kier alpha value is -3.76. The van der Waals surface area contributed by atoms with E-state index in [1.54, 1.807) is 24.3 Å². The van der Waals surface area contributed by atoms with Gasteiger partial charge in [-0.15, -0.1) is 0 Å². The lowest BCUT2D eigenvalue weighted by atomic mass is 10.2. The van der Waals surface area contributed by atoms with Crippen molar-refractivity contribution in [2.45, 2.75) is 6.54 Å². The number of aromatic nitrogens is 2. The molecule has 2 aromatic rings. The molecule has 11 heteroatoms. The molecule has 1 aromatic heterocycles. The summed E-state index contributed by atoms with van der Waals surface area (Å²) in [7, 11) is 0. The number of hydrogen-bond donors (Lipinski definition) is 2. The van der Waals surface area contributed by atoms with Crippen LogP contribution in [0.2, 0.25) is 0 Å². The topological polar surface area (TPSA) is 155 Å². The third-order valence-corrected chi connectivity index (χ3v) is 2.78. The smallest absolute Gasteiger partial charge is 0.307 e. The molecule has 1 aromatic carbocycles. The number of nitrogens with zero attached hydrogens (tertiary/aromatic N) is 4.